The first-order valence-corrected chi connectivity index (χ1v) is 7.75. The van der Waals surface area contributed by atoms with Gasteiger partial charge in [-0.1, -0.05) is 12.8 Å². The van der Waals surface area contributed by atoms with Crippen LogP contribution >= 0.6 is 27.7 Å². The maximum Gasteiger partial charge on any atom is 0.287 e. The third kappa shape index (κ3) is 4.07. The lowest BCUT2D eigenvalue weighted by Gasteiger charge is -2.08. The number of furan rings is 1. The van der Waals surface area contributed by atoms with Crippen molar-refractivity contribution in [2.24, 2.45) is 0 Å². The molecular formula is C12H16BrNO2S. The molecule has 0 atom stereocenters. The van der Waals surface area contributed by atoms with Crippen molar-refractivity contribution in [1.82, 2.24) is 5.32 Å². The molecule has 0 radical (unpaired) electrons. The number of hydrogen-bond acceptors (Lipinski definition) is 3. The topological polar surface area (TPSA) is 42.2 Å². The number of carbonyl (C=O) groups is 1. The highest BCUT2D eigenvalue weighted by atomic mass is 79.9. The maximum absolute atomic E-state index is 11.6. The van der Waals surface area contributed by atoms with E-state index in [9.17, 15) is 4.79 Å². The van der Waals surface area contributed by atoms with Gasteiger partial charge in [0.05, 0.1) is 0 Å². The van der Waals surface area contributed by atoms with Crippen molar-refractivity contribution in [3.63, 3.8) is 0 Å². The molecule has 17 heavy (non-hydrogen) atoms. The fourth-order valence-corrected chi connectivity index (χ4v) is 3.50. The molecule has 94 valence electrons. The zero-order chi connectivity index (χ0) is 12.1. The predicted octanol–water partition coefficient (Wildman–Crippen LogP) is 3.45. The molecule has 1 aliphatic rings. The maximum atomic E-state index is 11.6. The Bertz CT molecular complexity index is 374. The van der Waals surface area contributed by atoms with Crippen LogP contribution in [0.25, 0.3) is 0 Å². The highest BCUT2D eigenvalue weighted by Crippen LogP contribution is 2.28. The highest BCUT2D eigenvalue weighted by molar-refractivity contribution is 9.10. The number of amides is 1. The van der Waals surface area contributed by atoms with Gasteiger partial charge in [-0.05, 0) is 40.9 Å². The van der Waals surface area contributed by atoms with Crippen LogP contribution in [0.5, 0.6) is 0 Å². The van der Waals surface area contributed by atoms with Crippen LogP contribution in [0.3, 0.4) is 0 Å². The normalized spacial score (nSPS) is 16.3. The van der Waals surface area contributed by atoms with Gasteiger partial charge in [-0.25, -0.2) is 0 Å². The zero-order valence-corrected chi connectivity index (χ0v) is 12.0. The molecule has 1 heterocycles. The SMILES string of the molecule is O=C(NCCSC1CCCC1)c1ccc(Br)o1. The Kier molecular flexibility index (Phi) is 4.98. The van der Waals surface area contributed by atoms with E-state index in [2.05, 4.69) is 21.2 Å². The minimum Gasteiger partial charge on any atom is -0.444 e. The van der Waals surface area contributed by atoms with Crippen molar-refractivity contribution in [2.75, 3.05) is 12.3 Å². The van der Waals surface area contributed by atoms with Crippen molar-refractivity contribution in [3.8, 4) is 0 Å². The summed E-state index contributed by atoms with van der Waals surface area (Å²) >= 11 is 5.15. The summed E-state index contributed by atoms with van der Waals surface area (Å²) in [6, 6.07) is 3.39. The largest absolute Gasteiger partial charge is 0.444 e. The van der Waals surface area contributed by atoms with Gasteiger partial charge in [-0.2, -0.15) is 11.8 Å². The Morgan fingerprint density at radius 2 is 2.24 bits per heavy atom. The Morgan fingerprint density at radius 3 is 2.88 bits per heavy atom. The number of rotatable bonds is 5. The molecule has 3 nitrogen and oxygen atoms in total. The van der Waals surface area contributed by atoms with Crippen LogP contribution < -0.4 is 5.32 Å². The monoisotopic (exact) mass is 317 g/mol. The third-order valence-corrected chi connectivity index (χ3v) is 4.65. The molecular weight excluding hydrogens is 302 g/mol. The lowest BCUT2D eigenvalue weighted by atomic mass is 10.4. The molecule has 0 aliphatic heterocycles. The van der Waals surface area contributed by atoms with E-state index in [1.165, 1.54) is 25.7 Å². The van der Waals surface area contributed by atoms with Gasteiger partial charge in [-0.15, -0.1) is 0 Å². The van der Waals surface area contributed by atoms with E-state index in [1.807, 2.05) is 11.8 Å². The molecule has 1 aromatic heterocycles. The van der Waals surface area contributed by atoms with E-state index in [0.717, 1.165) is 11.0 Å². The number of hydrogen-bond donors (Lipinski definition) is 1. The molecule has 0 saturated heterocycles. The lowest BCUT2D eigenvalue weighted by Crippen LogP contribution is -2.25. The van der Waals surface area contributed by atoms with Gasteiger partial charge in [0.1, 0.15) is 0 Å². The number of thioether (sulfide) groups is 1. The Hall–Kier alpha value is -0.420. The molecule has 1 fully saturated rings. The summed E-state index contributed by atoms with van der Waals surface area (Å²) in [6.45, 7) is 0.707. The minimum atomic E-state index is -0.136. The summed E-state index contributed by atoms with van der Waals surface area (Å²) in [5.41, 5.74) is 0. The van der Waals surface area contributed by atoms with E-state index >= 15 is 0 Å². The second-order valence-corrected chi connectivity index (χ2v) is 6.33. The molecule has 1 saturated carbocycles. The summed E-state index contributed by atoms with van der Waals surface area (Å²) in [4.78, 5) is 11.6. The minimum absolute atomic E-state index is 0.136. The Balaban J connectivity index is 1.63. The molecule has 0 unspecified atom stereocenters. The van der Waals surface area contributed by atoms with Crippen LogP contribution in [0.4, 0.5) is 0 Å². The van der Waals surface area contributed by atoms with Crippen LogP contribution in [0.1, 0.15) is 36.2 Å². The van der Waals surface area contributed by atoms with E-state index in [1.54, 1.807) is 12.1 Å². The van der Waals surface area contributed by atoms with Gasteiger partial charge in [0, 0.05) is 17.5 Å². The van der Waals surface area contributed by atoms with Gasteiger partial charge in [0.25, 0.3) is 5.91 Å². The van der Waals surface area contributed by atoms with Crippen LogP contribution in [0.2, 0.25) is 0 Å². The lowest BCUT2D eigenvalue weighted by molar-refractivity contribution is 0.0927. The molecule has 1 aromatic rings. The fourth-order valence-electron chi connectivity index (χ4n) is 1.97. The highest BCUT2D eigenvalue weighted by Gasteiger charge is 2.15. The van der Waals surface area contributed by atoms with Crippen LogP contribution in [-0.4, -0.2) is 23.5 Å². The molecule has 0 spiro atoms. The van der Waals surface area contributed by atoms with E-state index in [-0.39, 0.29) is 5.91 Å². The third-order valence-electron chi connectivity index (χ3n) is 2.84. The number of carbonyl (C=O) groups excluding carboxylic acids is 1. The van der Waals surface area contributed by atoms with Crippen molar-refractivity contribution < 1.29 is 9.21 Å². The predicted molar refractivity (Wildman–Crippen MR) is 73.5 cm³/mol. The fraction of sp³-hybridized carbons (Fsp3) is 0.583. The summed E-state index contributed by atoms with van der Waals surface area (Å²) in [5, 5.41) is 3.67. The van der Waals surface area contributed by atoms with E-state index in [0.29, 0.717) is 17.0 Å². The summed E-state index contributed by atoms with van der Waals surface area (Å²) in [6.07, 6.45) is 5.41. The summed E-state index contributed by atoms with van der Waals surface area (Å²) in [7, 11) is 0. The second kappa shape index (κ2) is 6.50. The standard InChI is InChI=1S/C12H16BrNO2S/c13-11-6-5-10(16-11)12(15)14-7-8-17-9-3-1-2-4-9/h5-6,9H,1-4,7-8H2,(H,14,15). The van der Waals surface area contributed by atoms with E-state index in [4.69, 9.17) is 4.42 Å². The van der Waals surface area contributed by atoms with Gasteiger partial charge in [-0.3, -0.25) is 4.79 Å². The molecule has 1 N–H and O–H groups in total. The summed E-state index contributed by atoms with van der Waals surface area (Å²) < 4.78 is 5.76. The smallest absolute Gasteiger partial charge is 0.287 e. The molecule has 0 bridgehead atoms. The van der Waals surface area contributed by atoms with Crippen molar-refractivity contribution in [1.29, 1.82) is 0 Å². The number of halogens is 1. The second-order valence-electron chi connectivity index (χ2n) is 4.14. The van der Waals surface area contributed by atoms with Crippen LogP contribution in [-0.2, 0) is 0 Å². The molecule has 5 heteroatoms. The Labute approximate surface area is 114 Å². The van der Waals surface area contributed by atoms with Crippen LogP contribution in [0.15, 0.2) is 21.2 Å². The van der Waals surface area contributed by atoms with Crippen LogP contribution in [0, 0.1) is 0 Å². The first-order chi connectivity index (χ1) is 8.25. The van der Waals surface area contributed by atoms with Crippen molar-refractivity contribution >= 4 is 33.6 Å². The summed E-state index contributed by atoms with van der Waals surface area (Å²) in [5.74, 6) is 1.21. The quantitative estimate of drug-likeness (QED) is 0.846. The van der Waals surface area contributed by atoms with Gasteiger partial charge in [0.2, 0.25) is 0 Å². The van der Waals surface area contributed by atoms with Gasteiger partial charge >= 0.3 is 0 Å². The molecule has 1 aliphatic carbocycles. The van der Waals surface area contributed by atoms with E-state index < -0.39 is 0 Å². The average molecular weight is 318 g/mol. The average Bonchev–Trinajstić information content (AvgIpc) is 2.95. The van der Waals surface area contributed by atoms with Crippen molar-refractivity contribution in [2.45, 2.75) is 30.9 Å². The van der Waals surface area contributed by atoms with Gasteiger partial charge in [0.15, 0.2) is 10.4 Å². The van der Waals surface area contributed by atoms with Gasteiger partial charge < -0.3 is 9.73 Å². The molecule has 1 amide bonds. The number of nitrogens with one attached hydrogen (secondary N) is 1. The molecule has 2 rings (SSSR count). The van der Waals surface area contributed by atoms with Crippen molar-refractivity contribution in [3.05, 3.63) is 22.6 Å². The first-order valence-electron chi connectivity index (χ1n) is 5.91. The zero-order valence-electron chi connectivity index (χ0n) is 9.58. The molecule has 0 aromatic carbocycles. The Morgan fingerprint density at radius 1 is 1.47 bits per heavy atom. The first kappa shape index (κ1) is 13.0.